The van der Waals surface area contributed by atoms with Crippen LogP contribution in [0.25, 0.3) is 0 Å². The van der Waals surface area contributed by atoms with Crippen LogP contribution in [0.5, 0.6) is 5.75 Å². The second-order valence-corrected chi connectivity index (χ2v) is 8.14. The van der Waals surface area contributed by atoms with Gasteiger partial charge in [-0.25, -0.2) is 0 Å². The van der Waals surface area contributed by atoms with E-state index in [9.17, 15) is 14.4 Å². The van der Waals surface area contributed by atoms with Crippen LogP contribution in [0.4, 0.5) is 0 Å². The van der Waals surface area contributed by atoms with Crippen molar-refractivity contribution in [2.75, 3.05) is 26.3 Å². The molecule has 2 saturated heterocycles. The van der Waals surface area contributed by atoms with Gasteiger partial charge in [-0.1, -0.05) is 11.2 Å². The van der Waals surface area contributed by atoms with E-state index in [1.165, 1.54) is 4.90 Å². The largest absolute Gasteiger partial charge is 0.485 e. The van der Waals surface area contributed by atoms with Crippen molar-refractivity contribution in [2.45, 2.75) is 38.6 Å². The van der Waals surface area contributed by atoms with Crippen molar-refractivity contribution in [1.82, 2.24) is 20.3 Å². The number of hydrogen-bond acceptors (Lipinski definition) is 8. The molecule has 0 radical (unpaired) electrons. The maximum atomic E-state index is 12.9. The Labute approximate surface area is 184 Å². The molecule has 3 aliphatic heterocycles. The van der Waals surface area contributed by atoms with Crippen LogP contribution in [-0.2, 0) is 34.0 Å². The summed E-state index contributed by atoms with van der Waals surface area (Å²) >= 11 is 0. The number of benzene rings is 1. The Hall–Kier alpha value is -3.24. The predicted molar refractivity (Wildman–Crippen MR) is 109 cm³/mol. The van der Waals surface area contributed by atoms with E-state index in [4.69, 9.17) is 14.0 Å². The number of aromatic nitrogens is 1. The van der Waals surface area contributed by atoms with Crippen LogP contribution in [-0.4, -0.2) is 65.0 Å². The molecule has 2 fully saturated rings. The Morgan fingerprint density at radius 2 is 2.03 bits per heavy atom. The lowest BCUT2D eigenvalue weighted by atomic mass is 10.0. The van der Waals surface area contributed by atoms with Crippen LogP contribution >= 0.6 is 0 Å². The highest BCUT2D eigenvalue weighted by molar-refractivity contribution is 6.05. The Bertz CT molecular complexity index is 1040. The number of hydrogen-bond donors (Lipinski definition) is 1. The lowest BCUT2D eigenvalue weighted by molar-refractivity contribution is -0.136. The van der Waals surface area contributed by atoms with Gasteiger partial charge in [0.05, 0.1) is 25.5 Å². The fourth-order valence-corrected chi connectivity index (χ4v) is 4.33. The van der Waals surface area contributed by atoms with Crippen LogP contribution < -0.4 is 10.1 Å². The van der Waals surface area contributed by atoms with Gasteiger partial charge in [-0.15, -0.1) is 0 Å². The molecular weight excluding hydrogens is 416 g/mol. The van der Waals surface area contributed by atoms with Gasteiger partial charge in [0.15, 0.2) is 5.76 Å². The molecule has 168 valence electrons. The average Bonchev–Trinajstić information content (AvgIpc) is 3.38. The van der Waals surface area contributed by atoms with E-state index in [1.54, 1.807) is 18.2 Å². The van der Waals surface area contributed by atoms with Crippen molar-refractivity contribution < 1.29 is 28.4 Å². The molecule has 4 heterocycles. The topological polar surface area (TPSA) is 114 Å². The fourth-order valence-electron chi connectivity index (χ4n) is 4.33. The first-order valence-corrected chi connectivity index (χ1v) is 10.7. The summed E-state index contributed by atoms with van der Waals surface area (Å²) in [5, 5.41) is 6.44. The van der Waals surface area contributed by atoms with E-state index in [1.807, 2.05) is 6.07 Å². The van der Waals surface area contributed by atoms with Crippen molar-refractivity contribution in [2.24, 2.45) is 0 Å². The highest BCUT2D eigenvalue weighted by Gasteiger charge is 2.40. The lowest BCUT2D eigenvalue weighted by Crippen LogP contribution is -2.52. The van der Waals surface area contributed by atoms with Gasteiger partial charge in [0.1, 0.15) is 18.4 Å². The third-order valence-corrected chi connectivity index (χ3v) is 6.01. The van der Waals surface area contributed by atoms with Gasteiger partial charge in [-0.05, 0) is 18.6 Å². The zero-order chi connectivity index (χ0) is 22.1. The number of ether oxygens (including phenoxy) is 2. The van der Waals surface area contributed by atoms with Gasteiger partial charge in [-0.3, -0.25) is 24.6 Å². The number of amides is 3. The minimum absolute atomic E-state index is 0.180. The molecule has 0 saturated carbocycles. The summed E-state index contributed by atoms with van der Waals surface area (Å²) in [4.78, 5) is 40.4. The summed E-state index contributed by atoms with van der Waals surface area (Å²) in [7, 11) is 0. The number of fused-ring (bicyclic) bond motifs is 1. The van der Waals surface area contributed by atoms with Crippen molar-refractivity contribution in [3.05, 3.63) is 46.8 Å². The van der Waals surface area contributed by atoms with E-state index in [-0.39, 0.29) is 31.4 Å². The maximum Gasteiger partial charge on any atom is 0.255 e. The number of piperidine rings is 1. The predicted octanol–water partition coefficient (Wildman–Crippen LogP) is 0.847. The molecular formula is C22H24N4O6. The van der Waals surface area contributed by atoms with Gasteiger partial charge in [0, 0.05) is 43.2 Å². The van der Waals surface area contributed by atoms with Crippen LogP contribution in [0.2, 0.25) is 0 Å². The van der Waals surface area contributed by atoms with Gasteiger partial charge < -0.3 is 18.9 Å². The van der Waals surface area contributed by atoms with Gasteiger partial charge >= 0.3 is 0 Å². The second-order valence-electron chi connectivity index (χ2n) is 8.14. The Balaban J connectivity index is 1.24. The van der Waals surface area contributed by atoms with Gasteiger partial charge in [0.2, 0.25) is 11.8 Å². The van der Waals surface area contributed by atoms with Gasteiger partial charge in [0.25, 0.3) is 5.91 Å². The van der Waals surface area contributed by atoms with Crippen molar-refractivity contribution in [1.29, 1.82) is 0 Å². The van der Waals surface area contributed by atoms with Crippen LogP contribution in [0, 0.1) is 0 Å². The molecule has 0 aliphatic carbocycles. The Kier molecular flexibility index (Phi) is 5.62. The first-order chi connectivity index (χ1) is 15.6. The quantitative estimate of drug-likeness (QED) is 0.658. The number of rotatable bonds is 6. The zero-order valence-corrected chi connectivity index (χ0v) is 17.5. The number of nitrogens with zero attached hydrogens (tertiary/aromatic N) is 3. The van der Waals surface area contributed by atoms with Crippen molar-refractivity contribution in [3.63, 3.8) is 0 Å². The summed E-state index contributed by atoms with van der Waals surface area (Å²) in [6, 6.07) is 6.50. The zero-order valence-electron chi connectivity index (χ0n) is 17.5. The summed E-state index contributed by atoms with van der Waals surface area (Å²) in [6.45, 7) is 4.32. The molecule has 0 spiro atoms. The highest BCUT2D eigenvalue weighted by Crippen LogP contribution is 2.34. The minimum atomic E-state index is -0.655. The highest BCUT2D eigenvalue weighted by atomic mass is 16.5. The van der Waals surface area contributed by atoms with Crippen LogP contribution in [0.1, 0.15) is 40.2 Å². The molecule has 2 aromatic rings. The van der Waals surface area contributed by atoms with Crippen molar-refractivity contribution >= 4 is 17.7 Å². The Morgan fingerprint density at radius 1 is 1.19 bits per heavy atom. The molecule has 0 unspecified atom stereocenters. The SMILES string of the molecule is O=C1CC[C@@H](N2Cc3c(OCc4cc(CN5CCOCC5)no4)cccc3C2=O)C(=O)N1. The summed E-state index contributed by atoms with van der Waals surface area (Å²) in [6.07, 6.45) is 0.544. The fraction of sp³-hybridized carbons (Fsp3) is 0.455. The first-order valence-electron chi connectivity index (χ1n) is 10.7. The molecule has 1 aromatic heterocycles. The van der Waals surface area contributed by atoms with Crippen LogP contribution in [0.15, 0.2) is 28.8 Å². The molecule has 10 heteroatoms. The number of carbonyl (C=O) groups excluding carboxylic acids is 3. The maximum absolute atomic E-state index is 12.9. The molecule has 3 amide bonds. The smallest absolute Gasteiger partial charge is 0.255 e. The number of carbonyl (C=O) groups is 3. The summed E-state index contributed by atoms with van der Waals surface area (Å²) in [5.74, 6) is 0.195. The van der Waals surface area contributed by atoms with E-state index in [0.717, 1.165) is 37.6 Å². The standard InChI is InChI=1S/C22H24N4O6/c27-20-5-4-18(21(28)23-20)26-12-17-16(22(26)29)2-1-3-19(17)31-13-15-10-14(24-32-15)11-25-6-8-30-9-7-25/h1-3,10,18H,4-9,11-13H2,(H,23,27,28)/t18-/m1/s1. The normalized spacial score (nSPS) is 21.6. The average molecular weight is 440 g/mol. The Morgan fingerprint density at radius 3 is 2.84 bits per heavy atom. The van der Waals surface area contributed by atoms with Gasteiger partial charge in [-0.2, -0.15) is 0 Å². The molecule has 1 aromatic carbocycles. The summed E-state index contributed by atoms with van der Waals surface area (Å²) in [5.41, 5.74) is 2.08. The number of morpholine rings is 1. The van der Waals surface area contributed by atoms with Crippen molar-refractivity contribution in [3.8, 4) is 5.75 Å². The van der Waals surface area contributed by atoms with E-state index >= 15 is 0 Å². The molecule has 3 aliphatic rings. The third kappa shape index (κ3) is 4.11. The van der Waals surface area contributed by atoms with E-state index in [2.05, 4.69) is 15.4 Å². The number of nitrogens with one attached hydrogen (secondary N) is 1. The monoisotopic (exact) mass is 440 g/mol. The van der Waals surface area contributed by atoms with E-state index < -0.39 is 11.9 Å². The molecule has 1 N–H and O–H groups in total. The minimum Gasteiger partial charge on any atom is -0.485 e. The van der Waals surface area contributed by atoms with Crippen LogP contribution in [0.3, 0.4) is 0 Å². The molecule has 32 heavy (non-hydrogen) atoms. The second kappa shape index (κ2) is 8.71. The molecule has 1 atom stereocenters. The van der Waals surface area contributed by atoms with E-state index in [0.29, 0.717) is 30.0 Å². The molecule has 0 bridgehead atoms. The lowest BCUT2D eigenvalue weighted by Gasteiger charge is -2.29. The molecule has 5 rings (SSSR count). The first kappa shape index (κ1) is 20.7. The number of imide groups is 1. The summed E-state index contributed by atoms with van der Waals surface area (Å²) < 4.78 is 16.7. The third-order valence-electron chi connectivity index (χ3n) is 6.01. The molecule has 10 nitrogen and oxygen atoms in total.